The second kappa shape index (κ2) is 12.7. The Kier molecular flexibility index (Phi) is 8.89. The average Bonchev–Trinajstić information content (AvgIpc) is 2.92. The predicted octanol–water partition coefficient (Wildman–Crippen LogP) is 6.38. The number of halogens is 2. The second-order valence-electron chi connectivity index (χ2n) is 8.94. The molecule has 0 saturated carbocycles. The van der Waals surface area contributed by atoms with Gasteiger partial charge in [-0.1, -0.05) is 6.08 Å². The number of ether oxygens (including phenoxy) is 2. The van der Waals surface area contributed by atoms with E-state index in [9.17, 15) is 18.8 Å². The van der Waals surface area contributed by atoms with Gasteiger partial charge in [0, 0.05) is 42.0 Å². The number of amides is 1. The minimum absolute atomic E-state index is 0.0501. The summed E-state index contributed by atoms with van der Waals surface area (Å²) in [7, 11) is 3.79. The maximum atomic E-state index is 14.9. The third-order valence-corrected chi connectivity index (χ3v) is 5.63. The molecule has 4 rings (SSSR count). The summed E-state index contributed by atoms with van der Waals surface area (Å²) in [5.41, 5.74) is 1.83. The summed E-state index contributed by atoms with van der Waals surface area (Å²) in [6.07, 6.45) is 4.57. The van der Waals surface area contributed by atoms with E-state index in [1.807, 2.05) is 25.9 Å². The first-order valence-corrected chi connectivity index (χ1v) is 12.4. The number of nitrogens with one attached hydrogen (secondary N) is 2. The number of benzene rings is 3. The molecule has 4 aromatic rings. The van der Waals surface area contributed by atoms with E-state index in [1.54, 1.807) is 24.3 Å². The molecule has 0 aliphatic heterocycles. The van der Waals surface area contributed by atoms with E-state index in [1.165, 1.54) is 48.7 Å². The van der Waals surface area contributed by atoms with Crippen molar-refractivity contribution in [1.82, 2.24) is 9.88 Å². The Morgan fingerprint density at radius 2 is 1.88 bits per heavy atom. The van der Waals surface area contributed by atoms with Crippen molar-refractivity contribution in [2.75, 3.05) is 37.9 Å². The molecule has 0 unspecified atom stereocenters. The Morgan fingerprint density at radius 3 is 2.55 bits per heavy atom. The molecule has 10 heteroatoms. The number of likely N-dealkylation sites (N-methyl/N-ethyl adjacent to an activating group) is 1. The van der Waals surface area contributed by atoms with Crippen LogP contribution >= 0.6 is 0 Å². The summed E-state index contributed by atoms with van der Waals surface area (Å²) in [6, 6.07) is 14.9. The number of hydrogen-bond donors (Lipinski definition) is 2. The van der Waals surface area contributed by atoms with Gasteiger partial charge in [0.15, 0.2) is 11.6 Å². The number of aromatic nitrogens is 1. The summed E-state index contributed by atoms with van der Waals surface area (Å²) < 4.78 is 39.3. The van der Waals surface area contributed by atoms with Crippen LogP contribution in [0.1, 0.15) is 12.5 Å². The number of carbonyl (C=O) groups excluding carboxylic acids is 1. The molecule has 0 radical (unpaired) electrons. The van der Waals surface area contributed by atoms with Gasteiger partial charge in [-0.05, 0) is 63.5 Å². The number of pyridine rings is 1. The maximum Gasteiger partial charge on any atom is 0.248 e. The minimum Gasteiger partial charge on any atom is -0.492 e. The molecule has 8 nitrogen and oxygen atoms in total. The van der Waals surface area contributed by atoms with E-state index in [0.29, 0.717) is 46.9 Å². The average molecular weight is 544 g/mol. The molecule has 0 saturated heterocycles. The van der Waals surface area contributed by atoms with Crippen LogP contribution in [0.5, 0.6) is 17.2 Å². The monoisotopic (exact) mass is 543 g/mol. The van der Waals surface area contributed by atoms with Crippen LogP contribution < -0.4 is 20.1 Å². The lowest BCUT2D eigenvalue weighted by Gasteiger charge is -2.16. The Morgan fingerprint density at radius 1 is 1.10 bits per heavy atom. The van der Waals surface area contributed by atoms with Crippen molar-refractivity contribution in [2.24, 2.45) is 0 Å². The Balaban J connectivity index is 1.68. The van der Waals surface area contributed by atoms with Crippen molar-refractivity contribution < 1.29 is 23.0 Å². The lowest BCUT2D eigenvalue weighted by atomic mass is 10.1. The zero-order valence-electron chi connectivity index (χ0n) is 22.2. The largest absolute Gasteiger partial charge is 0.492 e. The Bertz CT molecular complexity index is 1600. The van der Waals surface area contributed by atoms with Crippen LogP contribution in [0.25, 0.3) is 10.9 Å². The number of carbonyl (C=O) groups is 1. The summed E-state index contributed by atoms with van der Waals surface area (Å²) in [5.74, 6) is -0.791. The van der Waals surface area contributed by atoms with Gasteiger partial charge in [-0.15, -0.1) is 0 Å². The number of nitriles is 1. The number of nitrogens with zero attached hydrogens (tertiary/aromatic N) is 3. The van der Waals surface area contributed by atoms with Gasteiger partial charge in [-0.3, -0.25) is 9.78 Å². The van der Waals surface area contributed by atoms with Crippen LogP contribution in [0.3, 0.4) is 0 Å². The molecule has 1 aromatic heterocycles. The third-order valence-electron chi connectivity index (χ3n) is 5.63. The SMILES string of the molecule is CCOc1cc2ncc(C#N)c(Nc3ccc(Oc4ccc(F)cc4)c(F)c3)c2cc1NC(=O)C=CCN(C)C. The van der Waals surface area contributed by atoms with Gasteiger partial charge in [0.25, 0.3) is 0 Å². The summed E-state index contributed by atoms with van der Waals surface area (Å²) >= 11 is 0. The minimum atomic E-state index is -0.665. The van der Waals surface area contributed by atoms with Crippen LogP contribution in [0, 0.1) is 23.0 Å². The normalized spacial score (nSPS) is 11.0. The van der Waals surface area contributed by atoms with Gasteiger partial charge in [0.05, 0.1) is 29.1 Å². The van der Waals surface area contributed by atoms with E-state index in [-0.39, 0.29) is 23.0 Å². The Hall–Kier alpha value is -5.01. The molecule has 40 heavy (non-hydrogen) atoms. The van der Waals surface area contributed by atoms with Crippen molar-refractivity contribution in [2.45, 2.75) is 6.92 Å². The topological polar surface area (TPSA) is 99.5 Å². The summed E-state index contributed by atoms with van der Waals surface area (Å²) in [5, 5.41) is 16.2. The van der Waals surface area contributed by atoms with E-state index < -0.39 is 11.6 Å². The van der Waals surface area contributed by atoms with E-state index in [4.69, 9.17) is 9.47 Å². The lowest BCUT2D eigenvalue weighted by molar-refractivity contribution is -0.111. The van der Waals surface area contributed by atoms with Crippen molar-refractivity contribution in [3.63, 3.8) is 0 Å². The number of fused-ring (bicyclic) bond motifs is 1. The van der Waals surface area contributed by atoms with E-state index >= 15 is 0 Å². The predicted molar refractivity (Wildman–Crippen MR) is 150 cm³/mol. The van der Waals surface area contributed by atoms with Crippen LogP contribution in [0.2, 0.25) is 0 Å². The van der Waals surface area contributed by atoms with Gasteiger partial charge in [0.2, 0.25) is 5.91 Å². The highest BCUT2D eigenvalue weighted by molar-refractivity contribution is 6.04. The molecule has 0 aliphatic rings. The van der Waals surface area contributed by atoms with Crippen molar-refractivity contribution in [3.8, 4) is 23.3 Å². The summed E-state index contributed by atoms with van der Waals surface area (Å²) in [4.78, 5) is 18.9. The first-order valence-electron chi connectivity index (χ1n) is 12.4. The van der Waals surface area contributed by atoms with Gasteiger partial charge < -0.3 is 25.0 Å². The van der Waals surface area contributed by atoms with E-state index in [0.717, 1.165) is 0 Å². The number of anilines is 3. The molecule has 2 N–H and O–H groups in total. The fourth-order valence-corrected chi connectivity index (χ4v) is 3.79. The smallest absolute Gasteiger partial charge is 0.248 e. The molecule has 0 aliphatic carbocycles. The number of hydrogen-bond acceptors (Lipinski definition) is 7. The summed E-state index contributed by atoms with van der Waals surface area (Å²) in [6.45, 7) is 2.78. The first-order chi connectivity index (χ1) is 19.3. The van der Waals surface area contributed by atoms with Crippen LogP contribution in [-0.4, -0.2) is 43.0 Å². The molecular weight excluding hydrogens is 516 g/mol. The highest BCUT2D eigenvalue weighted by Gasteiger charge is 2.16. The van der Waals surface area contributed by atoms with Gasteiger partial charge in [-0.2, -0.15) is 5.26 Å². The highest BCUT2D eigenvalue weighted by atomic mass is 19.1. The lowest BCUT2D eigenvalue weighted by Crippen LogP contribution is -2.13. The fourth-order valence-electron chi connectivity index (χ4n) is 3.79. The molecule has 3 aromatic carbocycles. The first kappa shape index (κ1) is 28.0. The van der Waals surface area contributed by atoms with Gasteiger partial charge in [-0.25, -0.2) is 8.78 Å². The van der Waals surface area contributed by atoms with Crippen molar-refractivity contribution >= 4 is 33.9 Å². The van der Waals surface area contributed by atoms with E-state index in [2.05, 4.69) is 21.7 Å². The molecule has 0 atom stereocenters. The number of rotatable bonds is 10. The third kappa shape index (κ3) is 6.89. The molecule has 0 spiro atoms. The van der Waals surface area contributed by atoms with Crippen LogP contribution in [0.4, 0.5) is 25.8 Å². The molecule has 204 valence electrons. The quantitative estimate of drug-likeness (QED) is 0.224. The van der Waals surface area contributed by atoms with Crippen LogP contribution in [0.15, 0.2) is 72.9 Å². The molecule has 1 amide bonds. The maximum absolute atomic E-state index is 14.9. The van der Waals surface area contributed by atoms with Crippen LogP contribution in [-0.2, 0) is 4.79 Å². The standard InChI is InChI=1S/C30H27F2N5O3/c1-4-39-28-16-25-23(15-26(28)36-29(38)6-5-13-37(2)3)30(19(17-33)18-34-25)35-21-9-12-27(24(32)14-21)40-22-10-7-20(31)8-11-22/h5-12,14-16,18H,4,13H2,1-3H3,(H,34,35)(H,36,38). The van der Waals surface area contributed by atoms with Gasteiger partial charge in [0.1, 0.15) is 23.4 Å². The highest BCUT2D eigenvalue weighted by Crippen LogP contribution is 2.37. The van der Waals surface area contributed by atoms with Gasteiger partial charge >= 0.3 is 0 Å². The molecule has 0 bridgehead atoms. The molecule has 0 fully saturated rings. The van der Waals surface area contributed by atoms with Crippen molar-refractivity contribution in [3.05, 3.63) is 90.1 Å². The molecular formula is C30H27F2N5O3. The molecule has 1 heterocycles. The Labute approximate surface area is 230 Å². The van der Waals surface area contributed by atoms with Crippen molar-refractivity contribution in [1.29, 1.82) is 5.26 Å². The fraction of sp³-hybridized carbons (Fsp3) is 0.167. The zero-order chi connectivity index (χ0) is 28.6. The zero-order valence-corrected chi connectivity index (χ0v) is 22.2. The second-order valence-corrected chi connectivity index (χ2v) is 8.94.